The number of fused-ring (bicyclic) bond motifs is 7. The second kappa shape index (κ2) is 9.62. The van der Waals surface area contributed by atoms with Gasteiger partial charge in [-0.15, -0.1) is 0 Å². The Kier molecular flexibility index (Phi) is 5.25. The van der Waals surface area contributed by atoms with Crippen LogP contribution in [0.5, 0.6) is 0 Å². The van der Waals surface area contributed by atoms with Gasteiger partial charge in [0, 0.05) is 34.1 Å². The Morgan fingerprint density at radius 2 is 1.11 bits per heavy atom. The molecule has 0 spiro atoms. The molecule has 10 rings (SSSR count). The van der Waals surface area contributed by atoms with Crippen LogP contribution in [0, 0.1) is 0 Å². The predicted octanol–water partition coefficient (Wildman–Crippen LogP) is 11.1. The van der Waals surface area contributed by atoms with Crippen LogP contribution in [0.4, 0.5) is 0 Å². The number of furan rings is 1. The molecule has 0 atom stereocenters. The van der Waals surface area contributed by atoms with Crippen LogP contribution < -0.4 is 0 Å². The molecule has 0 aliphatic carbocycles. The second-order valence-corrected chi connectivity index (χ2v) is 11.9. The van der Waals surface area contributed by atoms with Crippen LogP contribution in [-0.4, -0.2) is 14.4 Å². The second-order valence-electron chi connectivity index (χ2n) is 11.9. The molecule has 0 bridgehead atoms. The summed E-state index contributed by atoms with van der Waals surface area (Å²) in [6, 6.07) is 49.4. The van der Waals surface area contributed by atoms with Gasteiger partial charge in [-0.2, -0.15) is 0 Å². The van der Waals surface area contributed by atoms with Crippen molar-refractivity contribution in [2.45, 2.75) is 0 Å². The summed E-state index contributed by atoms with van der Waals surface area (Å²) in [7, 11) is 0. The van der Waals surface area contributed by atoms with Gasteiger partial charge in [0.15, 0.2) is 0 Å². The number of para-hydroxylation sites is 1. The lowest BCUT2D eigenvalue weighted by atomic mass is 9.85. The van der Waals surface area contributed by atoms with Crippen LogP contribution in [0.15, 0.2) is 156 Å². The van der Waals surface area contributed by atoms with E-state index in [1.165, 1.54) is 38.2 Å². The fourth-order valence-electron chi connectivity index (χ4n) is 7.09. The zero-order valence-electron chi connectivity index (χ0n) is 24.7. The van der Waals surface area contributed by atoms with E-state index in [1.807, 2.05) is 36.5 Å². The maximum absolute atomic E-state index is 6.25. The van der Waals surface area contributed by atoms with E-state index in [4.69, 9.17) is 14.4 Å². The SMILES string of the molecule is c1ccc2nc3oc4ccc(-c5c6ccccc6c(-c6ccc(-c7cn8ccccc8n7)cc6)c6ccccc56)cc4c3cc2c1. The van der Waals surface area contributed by atoms with Crippen molar-refractivity contribution in [3.05, 3.63) is 152 Å². The molecular formula is C42H25N3O. The van der Waals surface area contributed by atoms with Gasteiger partial charge in [0.05, 0.1) is 11.2 Å². The monoisotopic (exact) mass is 587 g/mol. The number of benzene rings is 6. The average Bonchev–Trinajstić information content (AvgIpc) is 3.71. The average molecular weight is 588 g/mol. The van der Waals surface area contributed by atoms with E-state index in [-0.39, 0.29) is 0 Å². The molecule has 0 saturated heterocycles. The molecule has 0 N–H and O–H groups in total. The Labute approximate surface area is 263 Å². The van der Waals surface area contributed by atoms with Crippen molar-refractivity contribution in [1.82, 2.24) is 14.4 Å². The molecule has 0 amide bonds. The fraction of sp³-hybridized carbons (Fsp3) is 0. The van der Waals surface area contributed by atoms with Crippen LogP contribution in [-0.2, 0) is 0 Å². The molecule has 0 aliphatic heterocycles. The highest BCUT2D eigenvalue weighted by Gasteiger charge is 2.18. The Balaban J connectivity index is 1.18. The van der Waals surface area contributed by atoms with E-state index in [1.54, 1.807) is 0 Å². The Bertz CT molecular complexity index is 2720. The van der Waals surface area contributed by atoms with Crippen molar-refractivity contribution in [1.29, 1.82) is 0 Å². The molecule has 10 aromatic rings. The number of rotatable bonds is 3. The minimum Gasteiger partial charge on any atom is -0.438 e. The molecule has 0 aliphatic rings. The standard InChI is InChI=1S/C42H25N3O/c1-6-14-36-28(9-1)23-35-34-24-29(20-21-38(34)46-42(35)44-36)41-32-12-4-2-10-30(32)40(31-11-3-5-13-33(31)41)27-18-16-26(17-19-27)37-25-45-22-8-7-15-39(45)43-37/h1-25H. The first-order valence-corrected chi connectivity index (χ1v) is 15.5. The number of pyridine rings is 2. The van der Waals surface area contributed by atoms with Gasteiger partial charge < -0.3 is 8.82 Å². The third-order valence-electron chi connectivity index (χ3n) is 9.22. The molecule has 0 unspecified atom stereocenters. The van der Waals surface area contributed by atoms with Crippen LogP contribution in [0.1, 0.15) is 0 Å². The lowest BCUT2D eigenvalue weighted by molar-refractivity contribution is 0.656. The van der Waals surface area contributed by atoms with Crippen molar-refractivity contribution in [2.75, 3.05) is 0 Å². The molecule has 4 heterocycles. The minimum absolute atomic E-state index is 0.669. The molecule has 0 radical (unpaired) electrons. The van der Waals surface area contributed by atoms with Crippen molar-refractivity contribution in [2.24, 2.45) is 0 Å². The van der Waals surface area contributed by atoms with E-state index < -0.39 is 0 Å². The minimum atomic E-state index is 0.669. The fourth-order valence-corrected chi connectivity index (χ4v) is 7.09. The molecule has 6 aromatic carbocycles. The largest absolute Gasteiger partial charge is 0.438 e. The van der Waals surface area contributed by atoms with E-state index in [2.05, 4.69) is 120 Å². The Morgan fingerprint density at radius 1 is 0.478 bits per heavy atom. The van der Waals surface area contributed by atoms with Crippen LogP contribution in [0.2, 0.25) is 0 Å². The Morgan fingerprint density at radius 3 is 1.85 bits per heavy atom. The number of hydrogen-bond donors (Lipinski definition) is 0. The van der Waals surface area contributed by atoms with Crippen LogP contribution in [0.25, 0.3) is 93.7 Å². The molecular weight excluding hydrogens is 562 g/mol. The van der Waals surface area contributed by atoms with Crippen molar-refractivity contribution in [3.8, 4) is 33.5 Å². The summed E-state index contributed by atoms with van der Waals surface area (Å²) in [4.78, 5) is 9.66. The summed E-state index contributed by atoms with van der Waals surface area (Å²) in [5.74, 6) is 0. The zero-order valence-corrected chi connectivity index (χ0v) is 24.7. The van der Waals surface area contributed by atoms with E-state index in [0.717, 1.165) is 49.7 Å². The molecule has 0 fully saturated rings. The highest BCUT2D eigenvalue weighted by atomic mass is 16.3. The molecule has 4 aromatic heterocycles. The number of imidazole rings is 1. The van der Waals surface area contributed by atoms with Gasteiger partial charge in [-0.3, -0.25) is 0 Å². The molecule has 4 nitrogen and oxygen atoms in total. The summed E-state index contributed by atoms with van der Waals surface area (Å²) in [5, 5.41) is 8.10. The number of aromatic nitrogens is 3. The summed E-state index contributed by atoms with van der Waals surface area (Å²) >= 11 is 0. The van der Waals surface area contributed by atoms with Gasteiger partial charge >= 0.3 is 0 Å². The summed E-state index contributed by atoms with van der Waals surface area (Å²) in [5.41, 5.74) is 10.3. The first-order chi connectivity index (χ1) is 22.8. The number of nitrogens with zero attached hydrogens (tertiary/aromatic N) is 3. The highest BCUT2D eigenvalue weighted by molar-refractivity contribution is 6.22. The van der Waals surface area contributed by atoms with Gasteiger partial charge in [-0.05, 0) is 80.2 Å². The van der Waals surface area contributed by atoms with Gasteiger partial charge in [0.2, 0.25) is 5.71 Å². The molecule has 0 saturated carbocycles. The van der Waals surface area contributed by atoms with Gasteiger partial charge in [0.25, 0.3) is 0 Å². The van der Waals surface area contributed by atoms with Crippen molar-refractivity contribution < 1.29 is 4.42 Å². The van der Waals surface area contributed by atoms with E-state index in [9.17, 15) is 0 Å². The lowest BCUT2D eigenvalue weighted by Gasteiger charge is -2.18. The third kappa shape index (κ3) is 3.74. The van der Waals surface area contributed by atoms with E-state index in [0.29, 0.717) is 5.71 Å². The maximum Gasteiger partial charge on any atom is 0.227 e. The van der Waals surface area contributed by atoms with E-state index >= 15 is 0 Å². The first kappa shape index (κ1) is 25.1. The lowest BCUT2D eigenvalue weighted by Crippen LogP contribution is -1.91. The topological polar surface area (TPSA) is 43.3 Å². The number of hydrogen-bond acceptors (Lipinski definition) is 3. The maximum atomic E-state index is 6.25. The molecule has 4 heteroatoms. The van der Waals surface area contributed by atoms with Crippen molar-refractivity contribution >= 4 is 60.2 Å². The van der Waals surface area contributed by atoms with Crippen molar-refractivity contribution in [3.63, 3.8) is 0 Å². The molecule has 214 valence electrons. The molecule has 46 heavy (non-hydrogen) atoms. The first-order valence-electron chi connectivity index (χ1n) is 15.5. The highest BCUT2D eigenvalue weighted by Crippen LogP contribution is 2.45. The van der Waals surface area contributed by atoms with Gasteiger partial charge in [-0.25, -0.2) is 9.97 Å². The quantitative estimate of drug-likeness (QED) is 0.193. The summed E-state index contributed by atoms with van der Waals surface area (Å²) in [6.07, 6.45) is 4.12. The smallest absolute Gasteiger partial charge is 0.227 e. The van der Waals surface area contributed by atoms with Crippen LogP contribution in [0.3, 0.4) is 0 Å². The normalized spacial score (nSPS) is 11.9. The third-order valence-corrected chi connectivity index (χ3v) is 9.22. The Hall–Kier alpha value is -6.26. The van der Waals surface area contributed by atoms with Crippen LogP contribution >= 0.6 is 0 Å². The van der Waals surface area contributed by atoms with Gasteiger partial charge in [-0.1, -0.05) is 103 Å². The zero-order chi connectivity index (χ0) is 30.2. The van der Waals surface area contributed by atoms with Gasteiger partial charge in [0.1, 0.15) is 11.2 Å². The summed E-state index contributed by atoms with van der Waals surface area (Å²) in [6.45, 7) is 0. The summed E-state index contributed by atoms with van der Waals surface area (Å²) < 4.78 is 8.31. The predicted molar refractivity (Wildman–Crippen MR) is 189 cm³/mol.